The Morgan fingerprint density at radius 1 is 1.27 bits per heavy atom. The topological polar surface area (TPSA) is 46.5 Å². The van der Waals surface area contributed by atoms with Crippen LogP contribution in [0.15, 0.2) is 36.1 Å². The lowest BCUT2D eigenvalue weighted by atomic mass is 10.0. The molecule has 1 aliphatic rings. The molecule has 15 heavy (non-hydrogen) atoms. The van der Waals surface area contributed by atoms with Crippen molar-refractivity contribution in [3.63, 3.8) is 0 Å². The van der Waals surface area contributed by atoms with Gasteiger partial charge in [-0.15, -0.1) is 0 Å². The van der Waals surface area contributed by atoms with Crippen molar-refractivity contribution in [1.82, 2.24) is 0 Å². The van der Waals surface area contributed by atoms with E-state index in [1.807, 2.05) is 18.2 Å². The zero-order valence-electron chi connectivity index (χ0n) is 8.27. The van der Waals surface area contributed by atoms with Crippen molar-refractivity contribution >= 4 is 11.5 Å². The predicted molar refractivity (Wildman–Crippen MR) is 56.2 cm³/mol. The average Bonchev–Trinajstić information content (AvgIpc) is 2.72. The van der Waals surface area contributed by atoms with Crippen molar-refractivity contribution in [2.75, 3.05) is 6.61 Å². The molecule has 1 aromatic rings. The van der Waals surface area contributed by atoms with Crippen LogP contribution in [0.5, 0.6) is 0 Å². The third-order valence-corrected chi connectivity index (χ3v) is 2.38. The summed E-state index contributed by atoms with van der Waals surface area (Å²) < 4.78 is 5.33. The third kappa shape index (κ3) is 2.01. The van der Waals surface area contributed by atoms with Gasteiger partial charge in [0.1, 0.15) is 11.3 Å². The maximum atomic E-state index is 11.1. The Kier molecular flexibility index (Phi) is 2.72. The highest BCUT2D eigenvalue weighted by Crippen LogP contribution is 2.27. The van der Waals surface area contributed by atoms with Gasteiger partial charge in [-0.25, -0.2) is 4.79 Å². The molecule has 3 heteroatoms. The van der Waals surface area contributed by atoms with Gasteiger partial charge in [0.15, 0.2) is 0 Å². The van der Waals surface area contributed by atoms with Crippen LogP contribution in [0.3, 0.4) is 0 Å². The lowest BCUT2D eigenvalue weighted by molar-refractivity contribution is -0.130. The zero-order valence-corrected chi connectivity index (χ0v) is 8.27. The molecule has 0 radical (unpaired) electrons. The minimum absolute atomic E-state index is 0.299. The maximum absolute atomic E-state index is 11.1. The number of hydrogen-bond donors (Lipinski definition) is 1. The average molecular weight is 204 g/mol. The van der Waals surface area contributed by atoms with Crippen molar-refractivity contribution < 1.29 is 14.6 Å². The summed E-state index contributed by atoms with van der Waals surface area (Å²) >= 11 is 0. The normalized spacial score (nSPS) is 18.4. The Morgan fingerprint density at radius 3 is 2.53 bits per heavy atom. The Labute approximate surface area is 88.0 Å². The number of benzene rings is 1. The van der Waals surface area contributed by atoms with Crippen LogP contribution in [0.2, 0.25) is 0 Å². The minimum Gasteiger partial charge on any atom is -0.497 e. The molecule has 3 nitrogen and oxygen atoms in total. The van der Waals surface area contributed by atoms with E-state index in [1.54, 1.807) is 12.1 Å². The van der Waals surface area contributed by atoms with E-state index in [1.165, 1.54) is 0 Å². The second-order valence-electron chi connectivity index (χ2n) is 3.42. The summed E-state index contributed by atoms with van der Waals surface area (Å²) in [5.74, 6) is -0.313. The van der Waals surface area contributed by atoms with Gasteiger partial charge in [-0.1, -0.05) is 30.3 Å². The number of ether oxygens (including phenoxy) is 1. The van der Waals surface area contributed by atoms with Gasteiger partial charge in [-0.3, -0.25) is 0 Å². The van der Waals surface area contributed by atoms with Crippen LogP contribution < -0.4 is 0 Å². The highest BCUT2D eigenvalue weighted by molar-refractivity contribution is 6.16. The molecule has 1 fully saturated rings. The second kappa shape index (κ2) is 4.17. The van der Waals surface area contributed by atoms with Crippen LogP contribution in [-0.2, 0) is 9.53 Å². The Balaban J connectivity index is 2.45. The van der Waals surface area contributed by atoms with Crippen molar-refractivity contribution in [3.05, 3.63) is 41.7 Å². The van der Waals surface area contributed by atoms with Gasteiger partial charge in [-0.05, 0) is 12.0 Å². The number of carbonyl (C=O) groups is 1. The van der Waals surface area contributed by atoms with Gasteiger partial charge in [0, 0.05) is 6.42 Å². The molecule has 78 valence electrons. The molecule has 0 spiro atoms. The Hall–Kier alpha value is -1.77. The molecule has 0 unspecified atom stereocenters. The van der Waals surface area contributed by atoms with Gasteiger partial charge in [-0.2, -0.15) is 0 Å². The quantitative estimate of drug-likeness (QED) is 0.752. The fourth-order valence-electron chi connectivity index (χ4n) is 1.71. The summed E-state index contributed by atoms with van der Waals surface area (Å²) in [5.41, 5.74) is 1.01. The first-order valence-electron chi connectivity index (χ1n) is 4.93. The second-order valence-corrected chi connectivity index (χ2v) is 3.42. The number of rotatable bonds is 2. The summed E-state index contributed by atoms with van der Waals surface area (Å²) in [6.45, 7) is 0.624. The molecule has 1 aliphatic heterocycles. The first-order chi connectivity index (χ1) is 7.29. The van der Waals surface area contributed by atoms with E-state index in [-0.39, 0.29) is 0 Å². The van der Waals surface area contributed by atoms with Gasteiger partial charge < -0.3 is 9.84 Å². The highest BCUT2D eigenvalue weighted by atomic mass is 16.5. The van der Waals surface area contributed by atoms with Crippen LogP contribution in [0.1, 0.15) is 18.4 Å². The van der Waals surface area contributed by atoms with Crippen molar-refractivity contribution in [1.29, 1.82) is 0 Å². The highest BCUT2D eigenvalue weighted by Gasteiger charge is 2.20. The van der Waals surface area contributed by atoms with Crippen molar-refractivity contribution in [2.24, 2.45) is 0 Å². The molecule has 0 atom stereocenters. The van der Waals surface area contributed by atoms with E-state index >= 15 is 0 Å². The Morgan fingerprint density at radius 2 is 2.00 bits per heavy atom. The SMILES string of the molecule is O=C(O)C(=C1CCCO1)c1ccccc1. The molecule has 1 aromatic carbocycles. The van der Waals surface area contributed by atoms with Gasteiger partial charge >= 0.3 is 5.97 Å². The van der Waals surface area contributed by atoms with E-state index in [4.69, 9.17) is 9.84 Å². The molecular weight excluding hydrogens is 192 g/mol. The number of allylic oxidation sites excluding steroid dienone is 1. The number of hydrogen-bond acceptors (Lipinski definition) is 2. The van der Waals surface area contributed by atoms with Crippen LogP contribution >= 0.6 is 0 Å². The molecule has 0 bridgehead atoms. The largest absolute Gasteiger partial charge is 0.497 e. The lowest BCUT2D eigenvalue weighted by Crippen LogP contribution is -2.03. The molecule has 0 saturated carbocycles. The van der Waals surface area contributed by atoms with E-state index < -0.39 is 5.97 Å². The van der Waals surface area contributed by atoms with E-state index in [0.717, 1.165) is 12.8 Å². The van der Waals surface area contributed by atoms with Crippen LogP contribution in [0.25, 0.3) is 5.57 Å². The molecule has 1 saturated heterocycles. The zero-order chi connectivity index (χ0) is 10.7. The van der Waals surface area contributed by atoms with E-state index in [0.29, 0.717) is 23.5 Å². The lowest BCUT2D eigenvalue weighted by Gasteiger charge is -2.06. The standard InChI is InChI=1S/C12H12O3/c13-12(14)11(10-7-4-8-15-10)9-5-2-1-3-6-9/h1-3,5-6H,4,7-8H2,(H,13,14). The number of carboxylic acid groups (broad SMARTS) is 1. The smallest absolute Gasteiger partial charge is 0.339 e. The van der Waals surface area contributed by atoms with Gasteiger partial charge in [0.05, 0.1) is 6.61 Å². The summed E-state index contributed by atoms with van der Waals surface area (Å²) in [6, 6.07) is 9.10. The number of aliphatic carboxylic acids is 1. The van der Waals surface area contributed by atoms with Gasteiger partial charge in [0.25, 0.3) is 0 Å². The summed E-state index contributed by atoms with van der Waals surface area (Å²) in [6.07, 6.45) is 1.62. The molecular formula is C12H12O3. The van der Waals surface area contributed by atoms with Crippen LogP contribution in [0.4, 0.5) is 0 Å². The van der Waals surface area contributed by atoms with Crippen LogP contribution in [0, 0.1) is 0 Å². The minimum atomic E-state index is -0.918. The molecule has 1 heterocycles. The maximum Gasteiger partial charge on any atom is 0.339 e. The molecule has 1 N–H and O–H groups in total. The van der Waals surface area contributed by atoms with Crippen molar-refractivity contribution in [3.8, 4) is 0 Å². The van der Waals surface area contributed by atoms with Crippen molar-refractivity contribution in [2.45, 2.75) is 12.8 Å². The predicted octanol–water partition coefficient (Wildman–Crippen LogP) is 2.29. The van der Waals surface area contributed by atoms with Crippen LogP contribution in [-0.4, -0.2) is 17.7 Å². The fourth-order valence-corrected chi connectivity index (χ4v) is 1.71. The summed E-state index contributed by atoms with van der Waals surface area (Å²) in [7, 11) is 0. The van der Waals surface area contributed by atoms with E-state index in [9.17, 15) is 4.79 Å². The van der Waals surface area contributed by atoms with Gasteiger partial charge in [0.2, 0.25) is 0 Å². The number of carboxylic acids is 1. The summed E-state index contributed by atoms with van der Waals surface area (Å²) in [4.78, 5) is 11.1. The first-order valence-corrected chi connectivity index (χ1v) is 4.93. The Bertz CT molecular complexity index is 385. The third-order valence-electron chi connectivity index (χ3n) is 2.38. The molecule has 0 amide bonds. The fraction of sp³-hybridized carbons (Fsp3) is 0.250. The van der Waals surface area contributed by atoms with E-state index in [2.05, 4.69) is 0 Å². The molecule has 0 aliphatic carbocycles. The molecule has 0 aromatic heterocycles. The monoisotopic (exact) mass is 204 g/mol. The summed E-state index contributed by atoms with van der Waals surface area (Å²) in [5, 5.41) is 9.15. The molecule has 2 rings (SSSR count). The first kappa shape index (κ1) is 9.77.